The first-order valence-electron chi connectivity index (χ1n) is 17.9. The van der Waals surface area contributed by atoms with Crippen LogP contribution in [-0.4, -0.2) is 60.5 Å². The van der Waals surface area contributed by atoms with Crippen LogP contribution in [0.1, 0.15) is 82.3 Å². The van der Waals surface area contributed by atoms with E-state index < -0.39 is 12.2 Å². The number of allylic oxidation sites excluding steroid dienone is 6. The van der Waals surface area contributed by atoms with Gasteiger partial charge in [0.25, 0.3) is 0 Å². The summed E-state index contributed by atoms with van der Waals surface area (Å²) in [6.45, 7) is 10.4. The van der Waals surface area contributed by atoms with Crippen LogP contribution in [-0.2, 0) is 6.42 Å². The summed E-state index contributed by atoms with van der Waals surface area (Å²) in [7, 11) is 3.30. The van der Waals surface area contributed by atoms with Gasteiger partial charge in [0.05, 0.1) is 26.4 Å². The van der Waals surface area contributed by atoms with Gasteiger partial charge in [-0.1, -0.05) is 91.1 Å². The number of hydrogen-bond acceptors (Lipinski definition) is 6. The smallest absolute Gasteiger partial charge is 0.118 e. The number of aliphatic hydroxyl groups is 2. The van der Waals surface area contributed by atoms with Crippen molar-refractivity contribution in [2.75, 3.05) is 27.3 Å². The fraction of sp³-hybridized carbons (Fsp3) is 0.442. The van der Waals surface area contributed by atoms with Crippen molar-refractivity contribution in [3.63, 3.8) is 0 Å². The minimum absolute atomic E-state index is 0.00744. The standard InChI is InChI=1S/C22H29NO2.C21H31NO2/c1-17(22(24)20-8-10-21(25-2)11-9-20)23-14-12-19(13-15-23)16-18-6-4-3-5-7-18;1-5-6-7-8-9-10-11-12-17(2)22-18(3)21(23)19-13-15-20(24-4)16-14-19/h3-11,17,19,22,24H,12-16H2,1-2H3;5-10,13-18,21-23H,11-12H2,1-4H3/b;6-5-,8-7-,10-9?. The van der Waals surface area contributed by atoms with E-state index in [0.717, 1.165) is 54.5 Å². The number of likely N-dealkylation sites (tertiary alicyclic amines) is 1. The Morgan fingerprint density at radius 3 is 1.86 bits per heavy atom. The number of ether oxygens (including phenoxy) is 2. The molecule has 0 aromatic heterocycles. The molecule has 1 saturated heterocycles. The summed E-state index contributed by atoms with van der Waals surface area (Å²) < 4.78 is 10.3. The maximum Gasteiger partial charge on any atom is 0.118 e. The van der Waals surface area contributed by atoms with E-state index >= 15 is 0 Å². The number of nitrogens with one attached hydrogen (secondary N) is 1. The van der Waals surface area contributed by atoms with Crippen LogP contribution in [0, 0.1) is 5.92 Å². The topological polar surface area (TPSA) is 74.2 Å². The van der Waals surface area contributed by atoms with E-state index in [1.807, 2.05) is 86.7 Å². The van der Waals surface area contributed by atoms with E-state index in [1.165, 1.54) is 24.8 Å². The van der Waals surface area contributed by atoms with Crippen molar-refractivity contribution in [1.82, 2.24) is 10.2 Å². The molecule has 1 aliphatic rings. The van der Waals surface area contributed by atoms with Crippen LogP contribution in [0.3, 0.4) is 0 Å². The van der Waals surface area contributed by atoms with Crippen molar-refractivity contribution in [3.8, 4) is 11.5 Å². The Morgan fingerprint density at radius 2 is 1.31 bits per heavy atom. The summed E-state index contributed by atoms with van der Waals surface area (Å²) in [5.74, 6) is 2.38. The summed E-state index contributed by atoms with van der Waals surface area (Å²) in [6, 6.07) is 26.6. The summed E-state index contributed by atoms with van der Waals surface area (Å²) >= 11 is 0. The van der Waals surface area contributed by atoms with E-state index in [2.05, 4.69) is 66.5 Å². The third-order valence-electron chi connectivity index (χ3n) is 9.41. The van der Waals surface area contributed by atoms with Gasteiger partial charge in [-0.05, 0) is 120 Å². The van der Waals surface area contributed by atoms with Gasteiger partial charge in [0.15, 0.2) is 0 Å². The molecule has 1 fully saturated rings. The van der Waals surface area contributed by atoms with Gasteiger partial charge < -0.3 is 25.0 Å². The number of benzene rings is 3. The number of aliphatic hydroxyl groups excluding tert-OH is 2. The van der Waals surface area contributed by atoms with Gasteiger partial charge in [0.2, 0.25) is 0 Å². The largest absolute Gasteiger partial charge is 0.497 e. The fourth-order valence-corrected chi connectivity index (χ4v) is 6.26. The van der Waals surface area contributed by atoms with Crippen LogP contribution in [0.25, 0.3) is 0 Å². The van der Waals surface area contributed by atoms with Gasteiger partial charge in [-0.3, -0.25) is 4.90 Å². The third-order valence-corrected chi connectivity index (χ3v) is 9.41. The van der Waals surface area contributed by atoms with Crippen LogP contribution < -0.4 is 14.8 Å². The van der Waals surface area contributed by atoms with Crippen molar-refractivity contribution in [3.05, 3.63) is 132 Å². The van der Waals surface area contributed by atoms with Crippen molar-refractivity contribution < 1.29 is 19.7 Å². The Labute approximate surface area is 296 Å². The lowest BCUT2D eigenvalue weighted by molar-refractivity contribution is 0.0373. The highest BCUT2D eigenvalue weighted by molar-refractivity contribution is 5.30. The summed E-state index contributed by atoms with van der Waals surface area (Å²) in [6.07, 6.45) is 16.9. The van der Waals surface area contributed by atoms with Crippen LogP contribution in [0.4, 0.5) is 0 Å². The molecule has 1 heterocycles. The molecule has 1 aliphatic heterocycles. The van der Waals surface area contributed by atoms with Crippen molar-refractivity contribution >= 4 is 0 Å². The molecular weight excluding hydrogens is 608 g/mol. The average molecular weight is 669 g/mol. The molecule has 4 rings (SSSR count). The quantitative estimate of drug-likeness (QED) is 0.133. The number of methoxy groups -OCH3 is 2. The molecule has 3 N–H and O–H groups in total. The molecule has 0 amide bonds. The van der Waals surface area contributed by atoms with Crippen LogP contribution in [0.15, 0.2) is 115 Å². The SMILES string of the molecule is C/C=C\C=C/C=CCCC(C)NC(C)C(O)c1ccc(OC)cc1.COc1ccc(C(O)C(C)N2CCC(Cc3ccccc3)CC2)cc1. The summed E-state index contributed by atoms with van der Waals surface area (Å²) in [5.41, 5.74) is 3.30. The lowest BCUT2D eigenvalue weighted by Gasteiger charge is -2.38. The molecule has 266 valence electrons. The van der Waals surface area contributed by atoms with E-state index in [4.69, 9.17) is 9.47 Å². The molecule has 6 heteroatoms. The molecule has 3 aromatic rings. The van der Waals surface area contributed by atoms with Gasteiger partial charge in [-0.15, -0.1) is 0 Å². The molecular formula is C43H60N2O4. The monoisotopic (exact) mass is 668 g/mol. The number of hydrogen-bond donors (Lipinski definition) is 3. The Morgan fingerprint density at radius 1 is 0.755 bits per heavy atom. The molecule has 0 radical (unpaired) electrons. The average Bonchev–Trinajstić information content (AvgIpc) is 3.14. The number of nitrogens with zero attached hydrogens (tertiary/aromatic N) is 1. The zero-order valence-corrected chi connectivity index (χ0v) is 30.5. The second kappa shape index (κ2) is 22.1. The van der Waals surface area contributed by atoms with Gasteiger partial charge >= 0.3 is 0 Å². The Balaban J connectivity index is 0.000000266. The molecule has 0 bridgehead atoms. The highest BCUT2D eigenvalue weighted by atomic mass is 16.5. The Bertz CT molecular complexity index is 1380. The lowest BCUT2D eigenvalue weighted by Crippen LogP contribution is -2.43. The molecule has 3 aromatic carbocycles. The third kappa shape index (κ3) is 14.0. The molecule has 0 saturated carbocycles. The first-order valence-corrected chi connectivity index (χ1v) is 17.9. The van der Waals surface area contributed by atoms with Gasteiger partial charge in [-0.2, -0.15) is 0 Å². The zero-order valence-electron chi connectivity index (χ0n) is 30.5. The first kappa shape index (κ1) is 39.8. The predicted molar refractivity (Wildman–Crippen MR) is 204 cm³/mol. The predicted octanol–water partition coefficient (Wildman–Crippen LogP) is 8.64. The van der Waals surface area contributed by atoms with E-state index in [-0.39, 0.29) is 12.1 Å². The molecule has 6 nitrogen and oxygen atoms in total. The Kier molecular flexibility index (Phi) is 17.9. The summed E-state index contributed by atoms with van der Waals surface area (Å²) in [5, 5.41) is 24.7. The highest BCUT2D eigenvalue weighted by Crippen LogP contribution is 2.28. The minimum atomic E-state index is -0.530. The zero-order chi connectivity index (χ0) is 35.4. The molecule has 0 spiro atoms. The normalized spacial score (nSPS) is 17.4. The maximum absolute atomic E-state index is 10.7. The van der Waals surface area contributed by atoms with Crippen LogP contribution in [0.5, 0.6) is 11.5 Å². The van der Waals surface area contributed by atoms with Crippen molar-refractivity contribution in [2.24, 2.45) is 5.92 Å². The Hall–Kier alpha value is -3.68. The number of rotatable bonds is 16. The molecule has 5 unspecified atom stereocenters. The van der Waals surface area contributed by atoms with Gasteiger partial charge in [0, 0.05) is 18.1 Å². The van der Waals surface area contributed by atoms with Crippen molar-refractivity contribution in [1.29, 1.82) is 0 Å². The highest BCUT2D eigenvalue weighted by Gasteiger charge is 2.27. The first-order chi connectivity index (χ1) is 23.7. The van der Waals surface area contributed by atoms with E-state index in [0.29, 0.717) is 6.04 Å². The molecule has 49 heavy (non-hydrogen) atoms. The molecule has 0 aliphatic carbocycles. The second-order valence-corrected chi connectivity index (χ2v) is 13.1. The second-order valence-electron chi connectivity index (χ2n) is 13.1. The fourth-order valence-electron chi connectivity index (χ4n) is 6.26. The van der Waals surface area contributed by atoms with Gasteiger partial charge in [0.1, 0.15) is 11.5 Å². The number of piperidine rings is 1. The minimum Gasteiger partial charge on any atom is -0.497 e. The maximum atomic E-state index is 10.7. The van der Waals surface area contributed by atoms with Crippen LogP contribution >= 0.6 is 0 Å². The van der Waals surface area contributed by atoms with Crippen LogP contribution in [0.2, 0.25) is 0 Å². The van der Waals surface area contributed by atoms with E-state index in [9.17, 15) is 10.2 Å². The van der Waals surface area contributed by atoms with E-state index in [1.54, 1.807) is 14.2 Å². The summed E-state index contributed by atoms with van der Waals surface area (Å²) in [4.78, 5) is 2.43. The van der Waals surface area contributed by atoms with Crippen molar-refractivity contribution in [2.45, 2.75) is 90.1 Å². The lowest BCUT2D eigenvalue weighted by atomic mass is 9.89. The molecule has 5 atom stereocenters. The van der Waals surface area contributed by atoms with Gasteiger partial charge in [-0.25, -0.2) is 0 Å².